The Morgan fingerprint density at radius 1 is 0.212 bits per heavy atom. The van der Waals surface area contributed by atoms with Gasteiger partial charge in [-0.25, -0.2) is 0 Å². The van der Waals surface area contributed by atoms with Gasteiger partial charge in [0, 0.05) is 16.5 Å². The van der Waals surface area contributed by atoms with Gasteiger partial charge in [-0.2, -0.15) is 0 Å². The van der Waals surface area contributed by atoms with Crippen molar-refractivity contribution in [1.82, 2.24) is 4.57 Å². The SMILES string of the molecule is c1ccc([Si]2(c3ccccc3)c3cc(-c4cccc5ccccc45)ccc3-c3ccc(-n4c5ccc(-c6ccc(-c7cccc8ccccc78)cc6)cc5c5cc(-c6ccc(-c7cccc8ccccc78)cc6)ccc54)cc32)cc1. The summed E-state index contributed by atoms with van der Waals surface area (Å²) in [4.78, 5) is 0. The maximum atomic E-state index is 2.57. The number of nitrogens with zero attached hydrogens (tertiary/aromatic N) is 1. The largest absolute Gasteiger partial charge is 0.309 e. The van der Waals surface area contributed by atoms with Crippen LogP contribution in [-0.4, -0.2) is 12.6 Å². The van der Waals surface area contributed by atoms with Gasteiger partial charge in [0.1, 0.15) is 0 Å². The zero-order valence-electron chi connectivity index (χ0n) is 43.9. The predicted octanol–water partition coefficient (Wildman–Crippen LogP) is 17.9. The highest BCUT2D eigenvalue weighted by Crippen LogP contribution is 2.41. The van der Waals surface area contributed by atoms with Crippen molar-refractivity contribution in [2.24, 2.45) is 0 Å². The number of hydrogen-bond donors (Lipinski definition) is 0. The molecule has 372 valence electrons. The molecule has 1 nitrogen and oxygen atoms in total. The third kappa shape index (κ3) is 7.23. The van der Waals surface area contributed by atoms with Crippen molar-refractivity contribution < 1.29 is 0 Å². The molecule has 1 aromatic heterocycles. The third-order valence-electron chi connectivity index (χ3n) is 17.3. The van der Waals surface area contributed by atoms with Gasteiger partial charge in [-0.15, -0.1) is 0 Å². The minimum atomic E-state index is -2.95. The first kappa shape index (κ1) is 46.0. The molecule has 0 saturated heterocycles. The van der Waals surface area contributed by atoms with Gasteiger partial charge in [-0.3, -0.25) is 0 Å². The molecule has 0 radical (unpaired) electrons. The second kappa shape index (κ2) is 18.5. The highest BCUT2D eigenvalue weighted by molar-refractivity contribution is 7.22. The van der Waals surface area contributed by atoms with Crippen LogP contribution in [0.1, 0.15) is 0 Å². The monoisotopic (exact) mass is 1030 g/mol. The first-order valence-electron chi connectivity index (χ1n) is 27.8. The van der Waals surface area contributed by atoms with Crippen LogP contribution in [0, 0.1) is 0 Å². The average molecular weight is 1030 g/mol. The van der Waals surface area contributed by atoms with E-state index < -0.39 is 8.07 Å². The Bertz CT molecular complexity index is 4680. The van der Waals surface area contributed by atoms with Gasteiger partial charge in [0.15, 0.2) is 8.07 Å². The van der Waals surface area contributed by atoms with Gasteiger partial charge >= 0.3 is 0 Å². The standard InChI is InChI=1S/C78H51NSi/c1-3-22-63(23-4-1)80(64-24-5-2-6-25-64)77-50-61(70-31-15-21-56-18-9-12-28-67(56)70)40-44-71(77)72-45-43-62(51-78(72)80)79-75-46-41-59(52-32-36-57(37-33-52)68-29-13-19-54-16-7-10-26-65(54)68)48-73(75)74-49-60(42-47-76(74)79)53-34-38-58(39-35-53)69-30-14-20-55-17-8-11-27-66(55)69/h1-51H. The van der Waals surface area contributed by atoms with E-state index in [-0.39, 0.29) is 0 Å². The molecule has 2 heterocycles. The van der Waals surface area contributed by atoms with Crippen LogP contribution >= 0.6 is 0 Å². The van der Waals surface area contributed by atoms with E-state index in [1.54, 1.807) is 0 Å². The first-order valence-corrected chi connectivity index (χ1v) is 29.8. The minimum absolute atomic E-state index is 1.16. The summed E-state index contributed by atoms with van der Waals surface area (Å²) in [6, 6.07) is 116. The van der Waals surface area contributed by atoms with Crippen molar-refractivity contribution in [3.63, 3.8) is 0 Å². The number of fused-ring (bicyclic) bond motifs is 9. The van der Waals surface area contributed by atoms with Crippen molar-refractivity contribution >= 4 is 82.9 Å². The smallest absolute Gasteiger partial charge is 0.180 e. The fraction of sp³-hybridized carbons (Fsp3) is 0. The average Bonchev–Trinajstić information content (AvgIpc) is 3.70. The molecule has 15 aromatic rings. The highest BCUT2D eigenvalue weighted by Gasteiger charge is 2.49. The van der Waals surface area contributed by atoms with Crippen molar-refractivity contribution in [3.8, 4) is 72.4 Å². The van der Waals surface area contributed by atoms with E-state index in [2.05, 4.69) is 314 Å². The zero-order chi connectivity index (χ0) is 52.7. The van der Waals surface area contributed by atoms with Crippen molar-refractivity contribution in [3.05, 3.63) is 309 Å². The van der Waals surface area contributed by atoms with E-state index in [4.69, 9.17) is 0 Å². The van der Waals surface area contributed by atoms with E-state index in [0.717, 1.165) is 5.69 Å². The van der Waals surface area contributed by atoms with Gasteiger partial charge in [0.2, 0.25) is 0 Å². The first-order chi connectivity index (χ1) is 39.7. The highest BCUT2D eigenvalue weighted by atomic mass is 28.3. The number of hydrogen-bond acceptors (Lipinski definition) is 0. The summed E-state index contributed by atoms with van der Waals surface area (Å²) in [7, 11) is -2.95. The van der Waals surface area contributed by atoms with E-state index >= 15 is 0 Å². The molecule has 0 saturated carbocycles. The van der Waals surface area contributed by atoms with Crippen LogP contribution in [0.25, 0.3) is 127 Å². The Balaban J connectivity index is 0.886. The molecule has 0 N–H and O–H groups in total. The molecule has 0 unspecified atom stereocenters. The molecule has 0 fully saturated rings. The fourth-order valence-electron chi connectivity index (χ4n) is 13.6. The molecular weight excluding hydrogens is 979 g/mol. The second-order valence-corrected chi connectivity index (χ2v) is 25.2. The molecule has 80 heavy (non-hydrogen) atoms. The lowest BCUT2D eigenvalue weighted by atomic mass is 9.95. The number of aromatic nitrogens is 1. The lowest BCUT2D eigenvalue weighted by molar-refractivity contribution is 1.18. The van der Waals surface area contributed by atoms with Gasteiger partial charge in [0.25, 0.3) is 0 Å². The van der Waals surface area contributed by atoms with Crippen LogP contribution in [0.3, 0.4) is 0 Å². The molecular formula is C78H51NSi. The molecule has 0 bridgehead atoms. The second-order valence-electron chi connectivity index (χ2n) is 21.5. The van der Waals surface area contributed by atoms with E-state index in [1.165, 1.54) is 142 Å². The van der Waals surface area contributed by atoms with Crippen molar-refractivity contribution in [2.45, 2.75) is 0 Å². The number of rotatable bonds is 8. The molecule has 0 amide bonds. The van der Waals surface area contributed by atoms with E-state index in [9.17, 15) is 0 Å². The molecule has 0 atom stereocenters. The van der Waals surface area contributed by atoms with E-state index in [1.807, 2.05) is 0 Å². The Hall–Kier alpha value is -10.1. The third-order valence-corrected chi connectivity index (χ3v) is 22.1. The normalized spacial score (nSPS) is 12.6. The minimum Gasteiger partial charge on any atom is -0.309 e. The summed E-state index contributed by atoms with van der Waals surface area (Å²) in [6.07, 6.45) is 0. The lowest BCUT2D eigenvalue weighted by Gasteiger charge is -2.32. The molecule has 1 aliphatic heterocycles. The van der Waals surface area contributed by atoms with Crippen molar-refractivity contribution in [2.75, 3.05) is 0 Å². The number of benzene rings is 14. The van der Waals surface area contributed by atoms with E-state index in [0.29, 0.717) is 0 Å². The van der Waals surface area contributed by atoms with Gasteiger partial charge in [-0.05, 0) is 156 Å². The topological polar surface area (TPSA) is 4.93 Å². The zero-order valence-corrected chi connectivity index (χ0v) is 44.9. The van der Waals surface area contributed by atoms with Gasteiger partial charge in [-0.1, -0.05) is 273 Å². The summed E-state index contributed by atoms with van der Waals surface area (Å²) < 4.78 is 2.53. The van der Waals surface area contributed by atoms with Crippen LogP contribution < -0.4 is 20.7 Å². The molecule has 1 aliphatic rings. The fourth-order valence-corrected chi connectivity index (χ4v) is 18.8. The van der Waals surface area contributed by atoms with Crippen LogP contribution in [-0.2, 0) is 0 Å². The Morgan fingerprint density at radius 3 is 1.05 bits per heavy atom. The van der Waals surface area contributed by atoms with Crippen LogP contribution in [0.4, 0.5) is 0 Å². The summed E-state index contributed by atoms with van der Waals surface area (Å²) in [5.74, 6) is 0. The summed E-state index contributed by atoms with van der Waals surface area (Å²) >= 11 is 0. The van der Waals surface area contributed by atoms with Crippen LogP contribution in [0.5, 0.6) is 0 Å². The van der Waals surface area contributed by atoms with Gasteiger partial charge < -0.3 is 4.57 Å². The van der Waals surface area contributed by atoms with Crippen molar-refractivity contribution in [1.29, 1.82) is 0 Å². The Kier molecular flexibility index (Phi) is 10.7. The molecule has 2 heteroatoms. The quantitative estimate of drug-likeness (QED) is 0.134. The lowest BCUT2D eigenvalue weighted by Crippen LogP contribution is -2.72. The van der Waals surface area contributed by atoms with Gasteiger partial charge in [0.05, 0.1) is 11.0 Å². The Morgan fingerprint density at radius 2 is 0.575 bits per heavy atom. The van der Waals surface area contributed by atoms with Crippen LogP contribution in [0.2, 0.25) is 0 Å². The summed E-state index contributed by atoms with van der Waals surface area (Å²) in [6.45, 7) is 0. The maximum Gasteiger partial charge on any atom is 0.180 e. The molecule has 14 aromatic carbocycles. The summed E-state index contributed by atoms with van der Waals surface area (Å²) in [5, 5.41) is 15.6. The maximum absolute atomic E-state index is 2.95. The molecule has 0 spiro atoms. The molecule has 0 aliphatic carbocycles. The predicted molar refractivity (Wildman–Crippen MR) is 343 cm³/mol. The van der Waals surface area contributed by atoms with Crippen LogP contribution in [0.15, 0.2) is 309 Å². The summed E-state index contributed by atoms with van der Waals surface area (Å²) in [5.41, 5.74) is 18.4. The molecule has 16 rings (SSSR count). The Labute approximate surface area is 466 Å².